The molecule has 4 saturated carbocycles. The Hall–Kier alpha value is -0.210. The monoisotopic (exact) mass is 500 g/mol. The predicted octanol–water partition coefficient (Wildman–Crippen LogP) is 5.24. The van der Waals surface area contributed by atoms with Crippen molar-refractivity contribution in [3.8, 4) is 0 Å². The van der Waals surface area contributed by atoms with Gasteiger partial charge in [-0.05, 0) is 116 Å². The molecule has 3 unspecified atom stereocenters. The quantitative estimate of drug-likeness (QED) is 0.413. The first-order chi connectivity index (χ1) is 15.8. The van der Waals surface area contributed by atoms with Crippen LogP contribution in [-0.4, -0.2) is 41.5 Å². The van der Waals surface area contributed by atoms with Gasteiger partial charge in [0.15, 0.2) is 0 Å². The Kier molecular flexibility index (Phi) is 7.57. The van der Waals surface area contributed by atoms with Crippen molar-refractivity contribution in [2.75, 3.05) is 0 Å². The Balaban J connectivity index is 1.45. The molecule has 0 aromatic rings. The summed E-state index contributed by atoms with van der Waals surface area (Å²) in [5.74, 6) is 3.41. The van der Waals surface area contributed by atoms with Crippen molar-refractivity contribution in [2.24, 2.45) is 52.3 Å². The summed E-state index contributed by atoms with van der Waals surface area (Å²) in [7, 11) is -4.44. The molecule has 0 aliphatic heterocycles. The van der Waals surface area contributed by atoms with Gasteiger partial charge in [0, 0.05) is 0 Å². The lowest BCUT2D eigenvalue weighted by atomic mass is 9.44. The minimum Gasteiger partial charge on any atom is -0.393 e. The van der Waals surface area contributed by atoms with Gasteiger partial charge in [-0.3, -0.25) is 4.55 Å². The molecule has 0 radical (unpaired) electrons. The first kappa shape index (κ1) is 26.8. The van der Waals surface area contributed by atoms with Crippen LogP contribution in [0.2, 0.25) is 0 Å². The van der Waals surface area contributed by atoms with E-state index in [0.717, 1.165) is 19.3 Å². The van der Waals surface area contributed by atoms with E-state index in [4.69, 9.17) is 4.18 Å². The first-order valence-corrected chi connectivity index (χ1v) is 15.1. The maximum Gasteiger partial charge on any atom is 0.397 e. The summed E-state index contributed by atoms with van der Waals surface area (Å²) in [5.41, 5.74) is 0.343. The average molecular weight is 501 g/mol. The highest BCUT2D eigenvalue weighted by molar-refractivity contribution is 7.80. The zero-order valence-electron chi connectivity index (χ0n) is 21.8. The van der Waals surface area contributed by atoms with Gasteiger partial charge in [-0.15, -0.1) is 0 Å². The number of hydrogen-bond acceptors (Lipinski definition) is 5. The lowest BCUT2D eigenvalue weighted by Gasteiger charge is -2.62. The summed E-state index contributed by atoms with van der Waals surface area (Å²) in [4.78, 5) is 0. The van der Waals surface area contributed by atoms with Crippen LogP contribution < -0.4 is 0 Å². The smallest absolute Gasteiger partial charge is 0.393 e. The van der Waals surface area contributed by atoms with Gasteiger partial charge < -0.3 is 10.2 Å². The third kappa shape index (κ3) is 4.85. The van der Waals surface area contributed by atoms with E-state index in [-0.39, 0.29) is 23.5 Å². The molecule has 0 spiro atoms. The number of fused-ring (bicyclic) bond motifs is 5. The molecule has 4 fully saturated rings. The van der Waals surface area contributed by atoms with Crippen LogP contribution in [0.15, 0.2) is 0 Å². The maximum absolute atomic E-state index is 11.3. The standard InChI is InChI=1S/C27H48O6S/c1-16(2)25(33-34(30,31)32)11-6-17(3)20-9-10-21-19-7-8-23-24(29)14-18(28)15-27(23,5)22(19)12-13-26(20,21)4/h16-25,28-29H,6-15H2,1-5H3,(H,30,31,32)/t17-,18?,19+,20-,21+,22+,23+,24?,25?,26-,27-/m1/s1. The number of hydrogen-bond donors (Lipinski definition) is 3. The maximum atomic E-state index is 11.3. The summed E-state index contributed by atoms with van der Waals surface area (Å²) >= 11 is 0. The molecule has 4 aliphatic rings. The molecule has 4 rings (SSSR count). The summed E-state index contributed by atoms with van der Waals surface area (Å²) in [6.45, 7) is 11.1. The van der Waals surface area contributed by atoms with Crippen LogP contribution in [0.5, 0.6) is 0 Å². The molecular formula is C27H48O6S. The molecule has 0 saturated heterocycles. The second kappa shape index (κ2) is 9.59. The highest BCUT2D eigenvalue weighted by atomic mass is 32.3. The van der Waals surface area contributed by atoms with Gasteiger partial charge in [-0.25, -0.2) is 4.18 Å². The third-order valence-corrected chi connectivity index (χ3v) is 11.7. The van der Waals surface area contributed by atoms with Crippen molar-refractivity contribution in [1.82, 2.24) is 0 Å². The van der Waals surface area contributed by atoms with Crippen LogP contribution in [0.1, 0.15) is 98.8 Å². The zero-order valence-corrected chi connectivity index (χ0v) is 22.6. The topological polar surface area (TPSA) is 104 Å². The Morgan fingerprint density at radius 3 is 2.21 bits per heavy atom. The molecule has 0 bridgehead atoms. The Bertz CT molecular complexity index is 829. The highest BCUT2D eigenvalue weighted by Crippen LogP contribution is 2.68. The van der Waals surface area contributed by atoms with Crippen molar-refractivity contribution >= 4 is 10.4 Å². The number of aliphatic hydroxyl groups excluding tert-OH is 2. The Morgan fingerprint density at radius 1 is 0.912 bits per heavy atom. The van der Waals surface area contributed by atoms with Crippen molar-refractivity contribution < 1.29 is 27.4 Å². The Morgan fingerprint density at radius 2 is 1.56 bits per heavy atom. The second-order valence-corrected chi connectivity index (χ2v) is 14.4. The molecule has 0 amide bonds. The summed E-state index contributed by atoms with van der Waals surface area (Å²) in [6, 6.07) is 0. The zero-order chi connectivity index (χ0) is 25.1. The summed E-state index contributed by atoms with van der Waals surface area (Å²) in [5, 5.41) is 21.3. The Labute approximate surface area is 207 Å². The van der Waals surface area contributed by atoms with Crippen LogP contribution in [0, 0.1) is 52.3 Å². The van der Waals surface area contributed by atoms with E-state index in [2.05, 4.69) is 20.8 Å². The van der Waals surface area contributed by atoms with Gasteiger partial charge in [0.25, 0.3) is 0 Å². The van der Waals surface area contributed by atoms with Gasteiger partial charge in [0.2, 0.25) is 0 Å². The van der Waals surface area contributed by atoms with Gasteiger partial charge in [-0.1, -0.05) is 34.6 Å². The lowest BCUT2D eigenvalue weighted by molar-refractivity contribution is -0.167. The van der Waals surface area contributed by atoms with Crippen LogP contribution >= 0.6 is 0 Å². The molecule has 6 nitrogen and oxygen atoms in total. The van der Waals surface area contributed by atoms with Gasteiger partial charge >= 0.3 is 10.4 Å². The SMILES string of the molecule is CC(C)C(CC[C@@H](C)[C@H]1CC[C@H]2[C@@H]3CC[C@H]4C(O)CC(O)C[C@]4(C)[C@H]3CC[C@]12C)OS(=O)(=O)O. The third-order valence-electron chi connectivity index (χ3n) is 11.3. The van der Waals surface area contributed by atoms with E-state index in [0.29, 0.717) is 53.8 Å². The first-order valence-electron chi connectivity index (χ1n) is 13.8. The minimum absolute atomic E-state index is 0.0219. The highest BCUT2D eigenvalue weighted by Gasteiger charge is 2.61. The van der Waals surface area contributed by atoms with Crippen LogP contribution in [0.4, 0.5) is 0 Å². The predicted molar refractivity (Wildman–Crippen MR) is 132 cm³/mol. The summed E-state index contributed by atoms with van der Waals surface area (Å²) < 4.78 is 36.7. The van der Waals surface area contributed by atoms with Crippen LogP contribution in [0.25, 0.3) is 0 Å². The second-order valence-electron chi connectivity index (χ2n) is 13.3. The average Bonchev–Trinajstić information content (AvgIpc) is 3.06. The van der Waals surface area contributed by atoms with Crippen molar-refractivity contribution in [2.45, 2.75) is 117 Å². The fourth-order valence-electron chi connectivity index (χ4n) is 9.71. The molecule has 4 aliphatic carbocycles. The van der Waals surface area contributed by atoms with E-state index in [1.807, 2.05) is 13.8 Å². The molecule has 0 aromatic carbocycles. The summed E-state index contributed by atoms with van der Waals surface area (Å²) in [6.07, 6.45) is 8.85. The normalized spacial score (nSPS) is 46.4. The van der Waals surface area contributed by atoms with E-state index in [1.165, 1.54) is 32.1 Å². The van der Waals surface area contributed by atoms with Crippen molar-refractivity contribution in [1.29, 1.82) is 0 Å². The van der Waals surface area contributed by atoms with Crippen molar-refractivity contribution in [3.63, 3.8) is 0 Å². The van der Waals surface area contributed by atoms with Gasteiger partial charge in [0.05, 0.1) is 18.3 Å². The molecular weight excluding hydrogens is 452 g/mol. The molecule has 34 heavy (non-hydrogen) atoms. The van der Waals surface area contributed by atoms with Crippen molar-refractivity contribution in [3.05, 3.63) is 0 Å². The van der Waals surface area contributed by atoms with E-state index >= 15 is 0 Å². The molecule has 198 valence electrons. The minimum atomic E-state index is -4.44. The van der Waals surface area contributed by atoms with Crippen LogP contribution in [0.3, 0.4) is 0 Å². The number of rotatable bonds is 7. The molecule has 0 heterocycles. The fourth-order valence-corrected chi connectivity index (χ4v) is 10.3. The van der Waals surface area contributed by atoms with Gasteiger partial charge in [0.1, 0.15) is 0 Å². The van der Waals surface area contributed by atoms with Crippen LogP contribution in [-0.2, 0) is 14.6 Å². The fraction of sp³-hybridized carbons (Fsp3) is 1.00. The van der Waals surface area contributed by atoms with E-state index < -0.39 is 16.5 Å². The van der Waals surface area contributed by atoms with E-state index in [9.17, 15) is 23.2 Å². The molecule has 11 atom stereocenters. The molecule has 7 heteroatoms. The number of aliphatic hydroxyl groups is 2. The lowest BCUT2D eigenvalue weighted by Crippen LogP contribution is -2.57. The largest absolute Gasteiger partial charge is 0.397 e. The van der Waals surface area contributed by atoms with E-state index in [1.54, 1.807) is 0 Å². The molecule has 3 N–H and O–H groups in total. The molecule has 0 aromatic heterocycles. The van der Waals surface area contributed by atoms with Gasteiger partial charge in [-0.2, -0.15) is 8.42 Å².